The minimum Gasteiger partial charge on any atom is -0.480 e. The number of alkyl halides is 3. The normalized spacial score (nSPS) is 14.7. The summed E-state index contributed by atoms with van der Waals surface area (Å²) in [5.41, 5.74) is 0. The molecule has 0 saturated carbocycles. The number of carboxylic acids is 1. The van der Waals surface area contributed by atoms with Crippen molar-refractivity contribution < 1.29 is 70.8 Å². The van der Waals surface area contributed by atoms with Crippen LogP contribution >= 0.6 is 0 Å². The van der Waals surface area contributed by atoms with Gasteiger partial charge in [-0.3, -0.25) is 43.4 Å². The number of unbranched alkanes of at least 4 members (excludes halogenated alkanes) is 40. The number of carboxylic acid groups (broad SMARTS) is 1. The fourth-order valence-electron chi connectivity index (χ4n) is 12.6. The molecule has 97 heavy (non-hydrogen) atoms. The molecule has 2 aliphatic heterocycles. The van der Waals surface area contributed by atoms with Crippen molar-refractivity contribution in [3.8, 4) is 0 Å². The van der Waals surface area contributed by atoms with Crippen LogP contribution in [-0.2, 0) is 52.5 Å². The summed E-state index contributed by atoms with van der Waals surface area (Å²) in [4.78, 5) is 90.3. The Morgan fingerprint density at radius 1 is 0.351 bits per heavy atom. The van der Waals surface area contributed by atoms with E-state index in [0.29, 0.717) is 43.7 Å². The Morgan fingerprint density at radius 3 is 0.763 bits per heavy atom. The van der Waals surface area contributed by atoms with E-state index in [1.807, 2.05) is 19.0 Å². The molecule has 0 aliphatic carbocycles. The van der Waals surface area contributed by atoms with E-state index >= 15 is 0 Å². The monoisotopic (exact) mass is 1390 g/mol. The molecule has 2 fully saturated rings. The van der Waals surface area contributed by atoms with E-state index < -0.39 is 43.1 Å². The number of rotatable bonds is 62. The number of hydrogen-bond acceptors (Lipinski definition) is 13. The van der Waals surface area contributed by atoms with E-state index in [4.69, 9.17) is 24.1 Å². The van der Waals surface area contributed by atoms with Crippen molar-refractivity contribution in [2.45, 2.75) is 380 Å². The van der Waals surface area contributed by atoms with Gasteiger partial charge in [0, 0.05) is 25.7 Å². The van der Waals surface area contributed by atoms with Crippen molar-refractivity contribution in [3.63, 3.8) is 0 Å². The SMILES string of the molecule is CCCCCCCCCCCCCC(=O)OCCN(CCOC(=O)CCCCCCCCCCCCC)C(=O)C(F)(F)F.CCCCCCCCCCCCCC(=O)OCCN(CCOC(=O)CCCCCCCCCCCCC)C(=O)[C@H]1CCCN1C.CN1CCC[C@H]1C(=O)O. The van der Waals surface area contributed by atoms with E-state index in [9.17, 15) is 46.7 Å². The fourth-order valence-corrected chi connectivity index (χ4v) is 12.6. The topological polar surface area (TPSA) is 190 Å². The summed E-state index contributed by atoms with van der Waals surface area (Å²) in [7, 11) is 3.83. The van der Waals surface area contributed by atoms with Crippen molar-refractivity contribution in [2.24, 2.45) is 0 Å². The molecular formula is C78H145F3N4O12. The number of carbonyl (C=O) groups is 7. The number of amides is 2. The number of ether oxygens (including phenoxy) is 4. The van der Waals surface area contributed by atoms with Gasteiger partial charge in [0.2, 0.25) is 5.91 Å². The number of nitrogens with zero attached hydrogens (tertiary/aromatic N) is 4. The van der Waals surface area contributed by atoms with Gasteiger partial charge in [-0.15, -0.1) is 0 Å². The summed E-state index contributed by atoms with van der Waals surface area (Å²) in [6.07, 6.45) is 52.7. The molecular weight excluding hydrogens is 1240 g/mol. The summed E-state index contributed by atoms with van der Waals surface area (Å²) in [6.45, 7) is 10.3. The Kier molecular flexibility index (Phi) is 63.8. The number of esters is 4. The Labute approximate surface area is 589 Å². The summed E-state index contributed by atoms with van der Waals surface area (Å²) in [6, 6.07) is -0.367. The van der Waals surface area contributed by atoms with Gasteiger partial charge >= 0.3 is 41.9 Å². The molecule has 1 N–H and O–H groups in total. The Bertz CT molecular complexity index is 1830. The van der Waals surface area contributed by atoms with Crippen LogP contribution in [0.1, 0.15) is 362 Å². The second kappa shape index (κ2) is 66.5. The molecule has 0 aromatic heterocycles. The summed E-state index contributed by atoms with van der Waals surface area (Å²) >= 11 is 0. The highest BCUT2D eigenvalue weighted by molar-refractivity contribution is 5.82. The smallest absolute Gasteiger partial charge is 0.471 e. The second-order valence-corrected chi connectivity index (χ2v) is 27.8. The average molecular weight is 1390 g/mol. The molecule has 0 spiro atoms. The zero-order valence-corrected chi connectivity index (χ0v) is 62.9. The maximum atomic E-state index is 13.3. The van der Waals surface area contributed by atoms with Gasteiger partial charge in [-0.05, 0) is 78.6 Å². The lowest BCUT2D eigenvalue weighted by Crippen LogP contribution is -2.47. The van der Waals surface area contributed by atoms with Crippen LogP contribution in [0, 0.1) is 0 Å². The molecule has 0 unspecified atom stereocenters. The minimum atomic E-state index is -5.06. The first-order chi connectivity index (χ1) is 46.9. The highest BCUT2D eigenvalue weighted by Crippen LogP contribution is 2.22. The zero-order valence-electron chi connectivity index (χ0n) is 62.9. The highest BCUT2D eigenvalue weighted by Gasteiger charge is 2.42. The first-order valence-electron chi connectivity index (χ1n) is 39.8. The summed E-state index contributed by atoms with van der Waals surface area (Å²) in [5.74, 6) is -4.00. The lowest BCUT2D eigenvalue weighted by molar-refractivity contribution is -0.187. The summed E-state index contributed by atoms with van der Waals surface area (Å²) < 4.78 is 60.2. The standard InChI is InChI=1S/C38H72N2O5.C34H62F3NO5.C6H11NO2/c1-4-6-8-10-12-14-16-18-20-22-24-28-36(41)44-33-31-40(38(43)35-27-26-30-39(35)3)32-34-45-37(42)29-25-23-21-19-17-15-13-11-9-7-5-2;1-3-5-7-9-11-13-15-17-19-21-23-25-31(39)42-29-27-38(33(41)34(35,36)37)28-30-43-32(40)26-24-22-20-18-16-14-12-10-8-6-4-2;1-7-4-2-3-5(7)6(8)9/h35H,4-34H2,1-3H3;3-30H2,1-2H3;5H,2-4H2,1H3,(H,8,9)/t35-;;5-/m1.0/s1. The third-order valence-electron chi connectivity index (χ3n) is 18.9. The predicted molar refractivity (Wildman–Crippen MR) is 386 cm³/mol. The number of halogens is 3. The van der Waals surface area contributed by atoms with Crippen molar-refractivity contribution in [1.29, 1.82) is 0 Å². The molecule has 2 atom stereocenters. The van der Waals surface area contributed by atoms with Crippen LogP contribution in [0.2, 0.25) is 0 Å². The van der Waals surface area contributed by atoms with Crippen LogP contribution in [0.25, 0.3) is 0 Å². The Morgan fingerprint density at radius 2 is 0.567 bits per heavy atom. The van der Waals surface area contributed by atoms with E-state index in [1.54, 1.807) is 4.90 Å². The highest BCUT2D eigenvalue weighted by atomic mass is 19.4. The number of likely N-dealkylation sites (tertiary alicyclic amines) is 2. The van der Waals surface area contributed by atoms with Crippen LogP contribution in [0.5, 0.6) is 0 Å². The van der Waals surface area contributed by atoms with Gasteiger partial charge in [-0.1, -0.05) is 285 Å². The quantitative estimate of drug-likeness (QED) is 0.0344. The number of hydrogen-bond donors (Lipinski definition) is 1. The summed E-state index contributed by atoms with van der Waals surface area (Å²) in [5, 5.41) is 8.54. The molecule has 0 bridgehead atoms. The molecule has 2 rings (SSSR count). The predicted octanol–water partition coefficient (Wildman–Crippen LogP) is 19.4. The maximum Gasteiger partial charge on any atom is 0.471 e. The number of aliphatic carboxylic acids is 1. The molecule has 2 saturated heterocycles. The molecule has 2 heterocycles. The fraction of sp³-hybridized carbons (Fsp3) is 0.910. The van der Waals surface area contributed by atoms with Gasteiger partial charge in [-0.2, -0.15) is 13.2 Å². The Hall–Kier alpha value is -4.00. The number of likely N-dealkylation sites (N-methyl/N-ethyl adjacent to an activating group) is 2. The van der Waals surface area contributed by atoms with Crippen LogP contribution < -0.4 is 0 Å². The largest absolute Gasteiger partial charge is 0.480 e. The van der Waals surface area contributed by atoms with Crippen LogP contribution in [0.4, 0.5) is 13.2 Å². The third-order valence-corrected chi connectivity index (χ3v) is 18.9. The van der Waals surface area contributed by atoms with E-state index in [0.717, 1.165) is 103 Å². The minimum absolute atomic E-state index is 0.0397. The van der Waals surface area contributed by atoms with E-state index in [2.05, 4.69) is 32.6 Å². The first-order valence-corrected chi connectivity index (χ1v) is 39.8. The van der Waals surface area contributed by atoms with Crippen LogP contribution in [0.3, 0.4) is 0 Å². The molecule has 2 aliphatic rings. The van der Waals surface area contributed by atoms with Gasteiger partial charge in [0.1, 0.15) is 32.5 Å². The first kappa shape index (κ1) is 93.0. The molecule has 16 nitrogen and oxygen atoms in total. The maximum absolute atomic E-state index is 13.3. The average Bonchev–Trinajstić information content (AvgIpc) is 2.04. The van der Waals surface area contributed by atoms with Crippen molar-refractivity contribution >= 4 is 41.7 Å². The van der Waals surface area contributed by atoms with Gasteiger partial charge in [-0.25, -0.2) is 0 Å². The van der Waals surface area contributed by atoms with Crippen molar-refractivity contribution in [1.82, 2.24) is 19.6 Å². The lowest BCUT2D eigenvalue weighted by Gasteiger charge is -2.28. The van der Waals surface area contributed by atoms with Crippen molar-refractivity contribution in [2.75, 3.05) is 79.8 Å². The van der Waals surface area contributed by atoms with E-state index in [1.165, 1.54) is 205 Å². The van der Waals surface area contributed by atoms with Crippen LogP contribution in [-0.4, -0.2) is 164 Å². The van der Waals surface area contributed by atoms with Gasteiger partial charge in [0.05, 0.1) is 32.2 Å². The van der Waals surface area contributed by atoms with E-state index in [-0.39, 0.29) is 69.2 Å². The Balaban J connectivity index is 0.00000168. The molecule has 0 aromatic carbocycles. The lowest BCUT2D eigenvalue weighted by atomic mass is 10.1. The molecule has 570 valence electrons. The molecule has 0 radical (unpaired) electrons. The van der Waals surface area contributed by atoms with Gasteiger partial charge < -0.3 is 33.9 Å². The molecule has 19 heteroatoms. The van der Waals surface area contributed by atoms with Gasteiger partial charge in [0.15, 0.2) is 0 Å². The van der Waals surface area contributed by atoms with Gasteiger partial charge in [0.25, 0.3) is 0 Å². The number of carbonyl (C=O) groups excluding carboxylic acids is 6. The molecule has 0 aromatic rings. The van der Waals surface area contributed by atoms with Crippen molar-refractivity contribution in [3.05, 3.63) is 0 Å². The van der Waals surface area contributed by atoms with Crippen LogP contribution in [0.15, 0.2) is 0 Å². The molecule has 2 amide bonds. The third kappa shape index (κ3) is 57.3. The second-order valence-electron chi connectivity index (χ2n) is 27.8. The zero-order chi connectivity index (χ0) is 71.7.